The van der Waals surface area contributed by atoms with E-state index in [-0.39, 0.29) is 31.1 Å². The van der Waals surface area contributed by atoms with E-state index in [1.54, 1.807) is 0 Å². The molecule has 0 aliphatic heterocycles. The van der Waals surface area contributed by atoms with E-state index in [0.717, 1.165) is 83.5 Å². The summed E-state index contributed by atoms with van der Waals surface area (Å²) >= 11 is 0. The van der Waals surface area contributed by atoms with Gasteiger partial charge in [0, 0.05) is 19.3 Å². The molecule has 402 valence electrons. The minimum absolute atomic E-state index is 0.0756. The molecule has 69 heavy (non-hydrogen) atoms. The van der Waals surface area contributed by atoms with Crippen molar-refractivity contribution in [1.29, 1.82) is 0 Å². The van der Waals surface area contributed by atoms with Crippen LogP contribution in [0.2, 0.25) is 0 Å². The summed E-state index contributed by atoms with van der Waals surface area (Å²) in [5.74, 6) is -0.876. The van der Waals surface area contributed by atoms with Gasteiger partial charge in [-0.05, 0) is 83.5 Å². The third-order valence-corrected chi connectivity index (χ3v) is 13.3. The molecule has 0 aliphatic rings. The summed E-state index contributed by atoms with van der Waals surface area (Å²) in [6.45, 7) is 6.64. The molecule has 0 fully saturated rings. The summed E-state index contributed by atoms with van der Waals surface area (Å²) in [5, 5.41) is 0. The van der Waals surface area contributed by atoms with Crippen molar-refractivity contribution in [1.82, 2.24) is 0 Å². The fourth-order valence-corrected chi connectivity index (χ4v) is 8.74. The monoisotopic (exact) mass is 967 g/mol. The lowest BCUT2D eigenvalue weighted by molar-refractivity contribution is -0.167. The van der Waals surface area contributed by atoms with E-state index in [1.165, 1.54) is 193 Å². The Morgan fingerprint density at radius 3 is 0.826 bits per heavy atom. The predicted molar refractivity (Wildman–Crippen MR) is 298 cm³/mol. The summed E-state index contributed by atoms with van der Waals surface area (Å²) in [6.07, 6.45) is 71.0. The molecule has 0 aromatic carbocycles. The molecule has 0 aromatic rings. The standard InChI is InChI=1S/C63H114O6/c1-4-7-10-13-16-19-22-25-28-29-30-31-32-33-34-35-36-39-41-44-47-50-53-56-62(65)68-59-60(69-63(66)57-54-51-48-45-42-38-27-24-21-18-15-12-9-6-3)58-67-61(64)55-52-49-46-43-40-37-26-23-20-17-14-11-8-5-2/h22,24-25,27,29-30,32-33,60H,4-21,23,26,28,31,34-59H2,1-3H3/b25-22-,27-24-,30-29-,33-32-. The van der Waals surface area contributed by atoms with Gasteiger partial charge in [0.1, 0.15) is 13.2 Å². The number of allylic oxidation sites excluding steroid dienone is 8. The van der Waals surface area contributed by atoms with Gasteiger partial charge in [-0.1, -0.05) is 262 Å². The highest BCUT2D eigenvalue weighted by atomic mass is 16.6. The van der Waals surface area contributed by atoms with Gasteiger partial charge in [0.05, 0.1) is 0 Å². The summed E-state index contributed by atoms with van der Waals surface area (Å²) in [7, 11) is 0. The summed E-state index contributed by atoms with van der Waals surface area (Å²) in [4.78, 5) is 38.2. The second-order valence-corrected chi connectivity index (χ2v) is 20.3. The topological polar surface area (TPSA) is 78.9 Å². The highest BCUT2D eigenvalue weighted by Crippen LogP contribution is 2.16. The first kappa shape index (κ1) is 66.4. The number of rotatable bonds is 55. The maximum absolute atomic E-state index is 12.8. The molecule has 0 radical (unpaired) electrons. The number of esters is 3. The fraction of sp³-hybridized carbons (Fsp3) is 0.825. The second-order valence-electron chi connectivity index (χ2n) is 20.3. The van der Waals surface area contributed by atoms with Crippen molar-refractivity contribution >= 4 is 17.9 Å². The maximum Gasteiger partial charge on any atom is 0.306 e. The van der Waals surface area contributed by atoms with Crippen LogP contribution in [0, 0.1) is 0 Å². The molecule has 0 spiro atoms. The second kappa shape index (κ2) is 57.9. The normalized spacial score (nSPS) is 12.3. The summed E-state index contributed by atoms with van der Waals surface area (Å²) in [6, 6.07) is 0. The quantitative estimate of drug-likeness (QED) is 0.0262. The van der Waals surface area contributed by atoms with Crippen molar-refractivity contribution < 1.29 is 28.6 Å². The minimum atomic E-state index is -0.778. The first-order chi connectivity index (χ1) is 34.0. The summed E-state index contributed by atoms with van der Waals surface area (Å²) in [5.41, 5.74) is 0. The Kier molecular flexibility index (Phi) is 55.7. The zero-order valence-electron chi connectivity index (χ0n) is 46.1. The molecule has 6 heteroatoms. The van der Waals surface area contributed by atoms with Gasteiger partial charge in [-0.2, -0.15) is 0 Å². The largest absolute Gasteiger partial charge is 0.462 e. The molecule has 1 atom stereocenters. The van der Waals surface area contributed by atoms with Crippen LogP contribution < -0.4 is 0 Å². The van der Waals surface area contributed by atoms with Crippen LogP contribution in [0.15, 0.2) is 48.6 Å². The average Bonchev–Trinajstić information content (AvgIpc) is 3.35. The van der Waals surface area contributed by atoms with Gasteiger partial charge in [0.25, 0.3) is 0 Å². The number of unbranched alkanes of at least 4 members (excludes halogenated alkanes) is 36. The molecule has 6 nitrogen and oxygen atoms in total. The minimum Gasteiger partial charge on any atom is -0.462 e. The first-order valence-electron chi connectivity index (χ1n) is 30.1. The molecule has 1 unspecified atom stereocenters. The molecule has 0 bridgehead atoms. The van der Waals surface area contributed by atoms with Gasteiger partial charge < -0.3 is 14.2 Å². The number of carbonyl (C=O) groups is 3. The van der Waals surface area contributed by atoms with Gasteiger partial charge in [0.2, 0.25) is 0 Å². The smallest absolute Gasteiger partial charge is 0.306 e. The molecule has 0 rings (SSSR count). The maximum atomic E-state index is 12.8. The Balaban J connectivity index is 4.32. The number of hydrogen-bond acceptors (Lipinski definition) is 6. The Morgan fingerprint density at radius 2 is 0.522 bits per heavy atom. The van der Waals surface area contributed by atoms with E-state index in [9.17, 15) is 14.4 Å². The van der Waals surface area contributed by atoms with Gasteiger partial charge in [0.15, 0.2) is 6.10 Å². The van der Waals surface area contributed by atoms with Crippen LogP contribution in [0.25, 0.3) is 0 Å². The SMILES string of the molecule is CCCCCCC/C=C\C/C=C\C/C=C\CCCCCCCCCCC(=O)OCC(COC(=O)CCCCCCCCCCCCCCCC)OC(=O)CCCCCCC/C=C\CCCCCCC. The predicted octanol–water partition coefficient (Wildman–Crippen LogP) is 20.2. The third-order valence-electron chi connectivity index (χ3n) is 13.3. The van der Waals surface area contributed by atoms with Crippen LogP contribution in [0.1, 0.15) is 316 Å². The summed E-state index contributed by atoms with van der Waals surface area (Å²) < 4.78 is 16.9. The third kappa shape index (κ3) is 56.2. The molecule has 0 heterocycles. The van der Waals surface area contributed by atoms with E-state index >= 15 is 0 Å². The van der Waals surface area contributed by atoms with Crippen molar-refractivity contribution in [3.8, 4) is 0 Å². The Hall–Kier alpha value is -2.63. The lowest BCUT2D eigenvalue weighted by atomic mass is 10.0. The molecule has 0 amide bonds. The van der Waals surface area contributed by atoms with Crippen LogP contribution in [0.4, 0.5) is 0 Å². The van der Waals surface area contributed by atoms with Gasteiger partial charge >= 0.3 is 17.9 Å². The Labute approximate surface area is 428 Å². The van der Waals surface area contributed by atoms with Crippen LogP contribution in [-0.2, 0) is 28.6 Å². The Bertz CT molecular complexity index is 1200. The Morgan fingerprint density at radius 1 is 0.290 bits per heavy atom. The van der Waals surface area contributed by atoms with Crippen LogP contribution in [-0.4, -0.2) is 37.2 Å². The van der Waals surface area contributed by atoms with Gasteiger partial charge in [-0.25, -0.2) is 0 Å². The lowest BCUT2D eigenvalue weighted by Crippen LogP contribution is -2.30. The van der Waals surface area contributed by atoms with Crippen molar-refractivity contribution in [2.75, 3.05) is 13.2 Å². The van der Waals surface area contributed by atoms with Crippen LogP contribution >= 0.6 is 0 Å². The van der Waals surface area contributed by atoms with Gasteiger partial charge in [-0.15, -0.1) is 0 Å². The molecule has 0 aliphatic carbocycles. The lowest BCUT2D eigenvalue weighted by Gasteiger charge is -2.18. The average molecular weight is 968 g/mol. The van der Waals surface area contributed by atoms with Crippen molar-refractivity contribution in [3.05, 3.63) is 48.6 Å². The van der Waals surface area contributed by atoms with E-state index in [4.69, 9.17) is 14.2 Å². The van der Waals surface area contributed by atoms with Crippen molar-refractivity contribution in [2.45, 2.75) is 322 Å². The zero-order valence-corrected chi connectivity index (χ0v) is 46.1. The van der Waals surface area contributed by atoms with Crippen LogP contribution in [0.3, 0.4) is 0 Å². The van der Waals surface area contributed by atoms with Gasteiger partial charge in [-0.3, -0.25) is 14.4 Å². The van der Waals surface area contributed by atoms with E-state index in [1.807, 2.05) is 0 Å². The van der Waals surface area contributed by atoms with Crippen molar-refractivity contribution in [3.63, 3.8) is 0 Å². The van der Waals surface area contributed by atoms with Crippen LogP contribution in [0.5, 0.6) is 0 Å². The first-order valence-corrected chi connectivity index (χ1v) is 30.1. The molecular weight excluding hydrogens is 853 g/mol. The molecular formula is C63H114O6. The molecule has 0 N–H and O–H groups in total. The van der Waals surface area contributed by atoms with Crippen molar-refractivity contribution in [2.24, 2.45) is 0 Å². The van der Waals surface area contributed by atoms with E-state index in [2.05, 4.69) is 69.4 Å². The molecule has 0 saturated heterocycles. The van der Waals surface area contributed by atoms with E-state index < -0.39 is 6.10 Å². The van der Waals surface area contributed by atoms with E-state index in [0.29, 0.717) is 19.3 Å². The highest BCUT2D eigenvalue weighted by Gasteiger charge is 2.19. The molecule has 0 aromatic heterocycles. The molecule has 0 saturated carbocycles. The number of ether oxygens (including phenoxy) is 3. The fourth-order valence-electron chi connectivity index (χ4n) is 8.74. The number of carbonyl (C=O) groups excluding carboxylic acids is 3. The number of hydrogen-bond donors (Lipinski definition) is 0. The zero-order chi connectivity index (χ0) is 50.0. The highest BCUT2D eigenvalue weighted by molar-refractivity contribution is 5.71.